The predicted octanol–water partition coefficient (Wildman–Crippen LogP) is 1.77. The van der Waals surface area contributed by atoms with Crippen molar-refractivity contribution in [3.05, 3.63) is 36.2 Å². The van der Waals surface area contributed by atoms with Gasteiger partial charge in [-0.05, 0) is 25.5 Å². The lowest BCUT2D eigenvalue weighted by atomic mass is 10.3. The van der Waals surface area contributed by atoms with Gasteiger partial charge in [0.1, 0.15) is 5.82 Å². The standard InChI is InChI=1S/C18H25N5O3S2/c1-3-7-16-19-18(21-20-16)27-14(2)17(24)22-10-12-23(13-11-22)28(25,26)15-8-5-4-6-9-15/h4-6,8-9,14H,3,7,10-13H2,1-2H3,(H,19,20,21). The molecule has 1 fully saturated rings. The number of aromatic nitrogens is 3. The lowest BCUT2D eigenvalue weighted by Gasteiger charge is -2.35. The van der Waals surface area contributed by atoms with Gasteiger partial charge in [0.15, 0.2) is 0 Å². The van der Waals surface area contributed by atoms with Gasteiger partial charge in [0, 0.05) is 32.6 Å². The van der Waals surface area contributed by atoms with Gasteiger partial charge in [-0.25, -0.2) is 13.4 Å². The van der Waals surface area contributed by atoms with Crippen LogP contribution in [0.2, 0.25) is 0 Å². The number of aryl methyl sites for hydroxylation is 1. The van der Waals surface area contributed by atoms with E-state index in [0.717, 1.165) is 18.7 Å². The molecule has 2 heterocycles. The maximum Gasteiger partial charge on any atom is 0.243 e. The molecule has 10 heteroatoms. The number of hydrogen-bond donors (Lipinski definition) is 1. The number of carbonyl (C=O) groups excluding carboxylic acids is 1. The van der Waals surface area contributed by atoms with Crippen molar-refractivity contribution in [2.24, 2.45) is 0 Å². The zero-order chi connectivity index (χ0) is 20.1. The van der Waals surface area contributed by atoms with Crippen molar-refractivity contribution in [2.45, 2.75) is 42.0 Å². The molecular formula is C18H25N5O3S2. The van der Waals surface area contributed by atoms with Crippen molar-refractivity contribution >= 4 is 27.7 Å². The smallest absolute Gasteiger partial charge is 0.243 e. The van der Waals surface area contributed by atoms with Gasteiger partial charge in [0.2, 0.25) is 21.1 Å². The number of rotatable bonds is 7. The second kappa shape index (κ2) is 9.06. The van der Waals surface area contributed by atoms with Crippen LogP contribution in [0.1, 0.15) is 26.1 Å². The maximum atomic E-state index is 12.7. The van der Waals surface area contributed by atoms with Crippen molar-refractivity contribution in [2.75, 3.05) is 26.2 Å². The minimum Gasteiger partial charge on any atom is -0.339 e. The molecule has 1 unspecified atom stereocenters. The fourth-order valence-electron chi connectivity index (χ4n) is 3.04. The van der Waals surface area contributed by atoms with Crippen LogP contribution in [0.3, 0.4) is 0 Å². The molecule has 0 saturated carbocycles. The van der Waals surface area contributed by atoms with Gasteiger partial charge in [-0.15, -0.1) is 5.10 Å². The van der Waals surface area contributed by atoms with Crippen molar-refractivity contribution < 1.29 is 13.2 Å². The number of carbonyl (C=O) groups is 1. The molecule has 2 aromatic rings. The molecule has 0 bridgehead atoms. The lowest BCUT2D eigenvalue weighted by Crippen LogP contribution is -2.52. The summed E-state index contributed by atoms with van der Waals surface area (Å²) in [4.78, 5) is 19.1. The van der Waals surface area contributed by atoms with E-state index < -0.39 is 10.0 Å². The third-order valence-corrected chi connectivity index (χ3v) is 7.42. The summed E-state index contributed by atoms with van der Waals surface area (Å²) in [6.07, 6.45) is 1.80. The number of H-pyrrole nitrogens is 1. The van der Waals surface area contributed by atoms with E-state index in [0.29, 0.717) is 31.3 Å². The summed E-state index contributed by atoms with van der Waals surface area (Å²) in [5.41, 5.74) is 0. The molecule has 1 aliphatic heterocycles. The van der Waals surface area contributed by atoms with Crippen LogP contribution in [0.25, 0.3) is 0 Å². The monoisotopic (exact) mass is 423 g/mol. The quantitative estimate of drug-likeness (QED) is 0.682. The highest BCUT2D eigenvalue weighted by molar-refractivity contribution is 8.00. The Kier molecular flexibility index (Phi) is 6.73. The van der Waals surface area contributed by atoms with Crippen LogP contribution >= 0.6 is 11.8 Å². The summed E-state index contributed by atoms with van der Waals surface area (Å²) in [7, 11) is -3.52. The van der Waals surface area contributed by atoms with E-state index in [2.05, 4.69) is 22.1 Å². The highest BCUT2D eigenvalue weighted by Gasteiger charge is 2.31. The second-order valence-corrected chi connectivity index (χ2v) is 9.86. The number of thioether (sulfide) groups is 1. The van der Waals surface area contributed by atoms with E-state index in [1.165, 1.54) is 16.1 Å². The molecule has 1 atom stereocenters. The Bertz CT molecular complexity index is 893. The van der Waals surface area contributed by atoms with Crippen LogP contribution in [0.15, 0.2) is 40.4 Å². The summed E-state index contributed by atoms with van der Waals surface area (Å²) < 4.78 is 26.8. The molecule has 0 spiro atoms. The molecule has 0 aliphatic carbocycles. The number of amides is 1. The highest BCUT2D eigenvalue weighted by atomic mass is 32.2. The van der Waals surface area contributed by atoms with Crippen molar-refractivity contribution in [1.29, 1.82) is 0 Å². The average Bonchev–Trinajstić information content (AvgIpc) is 3.15. The van der Waals surface area contributed by atoms with E-state index >= 15 is 0 Å². The van der Waals surface area contributed by atoms with Gasteiger partial charge >= 0.3 is 0 Å². The molecule has 28 heavy (non-hydrogen) atoms. The second-order valence-electron chi connectivity index (χ2n) is 6.62. The molecule has 1 aromatic heterocycles. The van der Waals surface area contributed by atoms with Gasteiger partial charge < -0.3 is 4.90 Å². The average molecular weight is 424 g/mol. The fraction of sp³-hybridized carbons (Fsp3) is 0.500. The molecule has 1 aliphatic rings. The van der Waals surface area contributed by atoms with Gasteiger partial charge in [0.05, 0.1) is 10.1 Å². The minimum absolute atomic E-state index is 0.0244. The van der Waals surface area contributed by atoms with Crippen molar-refractivity contribution in [1.82, 2.24) is 24.4 Å². The summed E-state index contributed by atoms with van der Waals surface area (Å²) >= 11 is 1.32. The summed E-state index contributed by atoms with van der Waals surface area (Å²) in [6, 6.07) is 8.39. The Balaban J connectivity index is 1.55. The Hall–Kier alpha value is -1.91. The molecule has 3 rings (SSSR count). The van der Waals surface area contributed by atoms with E-state index in [1.54, 1.807) is 35.2 Å². The van der Waals surface area contributed by atoms with Gasteiger partial charge in [-0.2, -0.15) is 4.31 Å². The first-order valence-corrected chi connectivity index (χ1v) is 11.7. The van der Waals surface area contributed by atoms with Crippen LogP contribution in [-0.4, -0.2) is 70.1 Å². The molecule has 152 valence electrons. The molecule has 1 N–H and O–H groups in total. The number of benzene rings is 1. The van der Waals surface area contributed by atoms with Crippen LogP contribution in [0.5, 0.6) is 0 Å². The minimum atomic E-state index is -3.52. The Morgan fingerprint density at radius 2 is 1.89 bits per heavy atom. The van der Waals surface area contributed by atoms with E-state index in [-0.39, 0.29) is 16.1 Å². The van der Waals surface area contributed by atoms with E-state index in [1.807, 2.05) is 6.92 Å². The van der Waals surface area contributed by atoms with Gasteiger partial charge in [-0.3, -0.25) is 9.89 Å². The lowest BCUT2D eigenvalue weighted by molar-refractivity contribution is -0.131. The number of nitrogens with one attached hydrogen (secondary N) is 1. The SMILES string of the molecule is CCCc1nc(SC(C)C(=O)N2CCN(S(=O)(=O)c3ccccc3)CC2)n[nH]1. The predicted molar refractivity (Wildman–Crippen MR) is 107 cm³/mol. The topological polar surface area (TPSA) is 99.3 Å². The summed E-state index contributed by atoms with van der Waals surface area (Å²) in [6.45, 7) is 5.24. The number of sulfonamides is 1. The third kappa shape index (κ3) is 4.73. The van der Waals surface area contributed by atoms with Crippen molar-refractivity contribution in [3.8, 4) is 0 Å². The van der Waals surface area contributed by atoms with E-state index in [9.17, 15) is 13.2 Å². The first-order valence-electron chi connectivity index (χ1n) is 9.33. The first kappa shape index (κ1) is 20.8. The molecule has 1 saturated heterocycles. The number of piperazine rings is 1. The first-order chi connectivity index (χ1) is 13.4. The third-order valence-electron chi connectivity index (χ3n) is 4.56. The van der Waals surface area contributed by atoms with Crippen LogP contribution < -0.4 is 0 Å². The van der Waals surface area contributed by atoms with Crippen LogP contribution in [0.4, 0.5) is 0 Å². The fourth-order valence-corrected chi connectivity index (χ4v) is 5.31. The molecule has 1 amide bonds. The van der Waals surface area contributed by atoms with E-state index in [4.69, 9.17) is 0 Å². The molecule has 8 nitrogen and oxygen atoms in total. The maximum absolute atomic E-state index is 12.7. The molecular weight excluding hydrogens is 398 g/mol. The van der Waals surface area contributed by atoms with Crippen LogP contribution in [0, 0.1) is 0 Å². The number of hydrogen-bond acceptors (Lipinski definition) is 6. The Morgan fingerprint density at radius 1 is 1.21 bits per heavy atom. The normalized spacial score (nSPS) is 16.9. The Morgan fingerprint density at radius 3 is 2.54 bits per heavy atom. The van der Waals surface area contributed by atoms with Gasteiger partial charge in [0.25, 0.3) is 0 Å². The summed E-state index contributed by atoms with van der Waals surface area (Å²) in [5.74, 6) is 0.799. The highest BCUT2D eigenvalue weighted by Crippen LogP contribution is 2.23. The van der Waals surface area contributed by atoms with Gasteiger partial charge in [-0.1, -0.05) is 36.9 Å². The zero-order valence-electron chi connectivity index (χ0n) is 16.0. The van der Waals surface area contributed by atoms with Crippen molar-refractivity contribution in [3.63, 3.8) is 0 Å². The van der Waals surface area contributed by atoms with Crippen LogP contribution in [-0.2, 0) is 21.2 Å². The zero-order valence-corrected chi connectivity index (χ0v) is 17.7. The Labute approximate surface area is 169 Å². The largest absolute Gasteiger partial charge is 0.339 e. The molecule has 0 radical (unpaired) electrons. The summed E-state index contributed by atoms with van der Waals surface area (Å²) in [5, 5.41) is 7.27. The number of nitrogens with zero attached hydrogens (tertiary/aromatic N) is 4. The molecule has 1 aromatic carbocycles. The number of aromatic amines is 1.